The number of hydrogen-bond donors (Lipinski definition) is 1. The van der Waals surface area contributed by atoms with E-state index < -0.39 is 5.97 Å². The summed E-state index contributed by atoms with van der Waals surface area (Å²) >= 11 is 0. The Labute approximate surface area is 117 Å². The number of carbonyl (C=O) groups is 1. The molecule has 1 heterocycles. The molecule has 20 heavy (non-hydrogen) atoms. The zero-order chi connectivity index (χ0) is 14.7. The minimum Gasteiger partial charge on any atom is -0.490 e. The summed E-state index contributed by atoms with van der Waals surface area (Å²) in [6, 6.07) is 3.60. The van der Waals surface area contributed by atoms with E-state index in [4.69, 9.17) is 9.47 Å². The third-order valence-electron chi connectivity index (χ3n) is 3.12. The van der Waals surface area contributed by atoms with Crippen LogP contribution in [0, 0.1) is 0 Å². The normalized spacial score (nSPS) is 10.8. The third kappa shape index (κ3) is 2.43. The van der Waals surface area contributed by atoms with Crippen LogP contribution in [-0.4, -0.2) is 28.9 Å². The van der Waals surface area contributed by atoms with Gasteiger partial charge in [0, 0.05) is 24.2 Å². The molecule has 5 heteroatoms. The summed E-state index contributed by atoms with van der Waals surface area (Å²) in [5.74, 6) is 0.290. The number of carboxylic acid groups (broad SMARTS) is 1. The third-order valence-corrected chi connectivity index (χ3v) is 3.12. The van der Waals surface area contributed by atoms with Gasteiger partial charge in [-0.15, -0.1) is 0 Å². The van der Waals surface area contributed by atoms with Gasteiger partial charge in [-0.2, -0.15) is 0 Å². The molecule has 5 nitrogen and oxygen atoms in total. The first-order valence-corrected chi connectivity index (χ1v) is 6.78. The van der Waals surface area contributed by atoms with Crippen LogP contribution < -0.4 is 9.47 Å². The van der Waals surface area contributed by atoms with E-state index in [0.29, 0.717) is 36.6 Å². The molecule has 0 unspecified atom stereocenters. The molecule has 108 valence electrons. The van der Waals surface area contributed by atoms with E-state index in [2.05, 4.69) is 0 Å². The van der Waals surface area contributed by atoms with E-state index in [1.54, 1.807) is 12.3 Å². The van der Waals surface area contributed by atoms with Crippen molar-refractivity contribution in [3.05, 3.63) is 23.9 Å². The maximum absolute atomic E-state index is 11.3. The van der Waals surface area contributed by atoms with Crippen molar-refractivity contribution in [3.63, 3.8) is 0 Å². The summed E-state index contributed by atoms with van der Waals surface area (Å²) in [4.78, 5) is 11.3. The lowest BCUT2D eigenvalue weighted by Gasteiger charge is -2.12. The van der Waals surface area contributed by atoms with Crippen LogP contribution in [0.3, 0.4) is 0 Å². The first kappa shape index (κ1) is 14.2. The highest BCUT2D eigenvalue weighted by Crippen LogP contribution is 2.35. The summed E-state index contributed by atoms with van der Waals surface area (Å²) in [6.45, 7) is 7.49. The van der Waals surface area contributed by atoms with Crippen LogP contribution in [0.5, 0.6) is 11.5 Å². The van der Waals surface area contributed by atoms with Crippen molar-refractivity contribution in [2.75, 3.05) is 13.2 Å². The summed E-state index contributed by atoms with van der Waals surface area (Å²) in [6.07, 6.45) is 1.65. The molecular weight excluding hydrogens is 258 g/mol. The van der Waals surface area contributed by atoms with E-state index in [1.165, 1.54) is 0 Å². The molecule has 0 spiro atoms. The van der Waals surface area contributed by atoms with Crippen molar-refractivity contribution in [2.24, 2.45) is 0 Å². The second-order valence-electron chi connectivity index (χ2n) is 4.32. The molecule has 0 amide bonds. The zero-order valence-electron chi connectivity index (χ0n) is 12.0. The molecule has 1 N–H and O–H groups in total. The number of ether oxygens (including phenoxy) is 2. The Bertz CT molecular complexity index is 630. The molecule has 0 atom stereocenters. The lowest BCUT2D eigenvalue weighted by molar-refractivity contribution is 0.0699. The minimum absolute atomic E-state index is 0.283. The number of hydrogen-bond acceptors (Lipinski definition) is 3. The van der Waals surface area contributed by atoms with Gasteiger partial charge in [0.15, 0.2) is 11.5 Å². The summed E-state index contributed by atoms with van der Waals surface area (Å²) in [5, 5.41) is 9.97. The van der Waals surface area contributed by atoms with Crippen molar-refractivity contribution >= 4 is 16.9 Å². The molecular formula is C15H19NO4. The summed E-state index contributed by atoms with van der Waals surface area (Å²) in [5.41, 5.74) is 1.13. The second-order valence-corrected chi connectivity index (χ2v) is 4.32. The molecule has 0 aliphatic rings. The second kappa shape index (κ2) is 5.86. The lowest BCUT2D eigenvalue weighted by Crippen LogP contribution is -1.99. The highest BCUT2D eigenvalue weighted by Gasteiger charge is 2.17. The first-order valence-electron chi connectivity index (χ1n) is 6.78. The number of fused-ring (bicyclic) bond motifs is 1. The van der Waals surface area contributed by atoms with E-state index in [0.717, 1.165) is 5.52 Å². The standard InChI is InChI=1S/C15H19NO4/c1-4-16-9-11(15(17)18)10-7-13(19-5-2)14(20-6-3)8-12(10)16/h7-9H,4-6H2,1-3H3,(H,17,18). The highest BCUT2D eigenvalue weighted by atomic mass is 16.5. The van der Waals surface area contributed by atoms with Crippen LogP contribution in [0.1, 0.15) is 31.1 Å². The molecule has 0 saturated carbocycles. The molecule has 1 aromatic carbocycles. The Morgan fingerprint density at radius 1 is 1.15 bits per heavy atom. The number of aryl methyl sites for hydroxylation is 1. The Balaban J connectivity index is 2.69. The Kier molecular flexibility index (Phi) is 4.17. The topological polar surface area (TPSA) is 60.7 Å². The van der Waals surface area contributed by atoms with Crippen molar-refractivity contribution < 1.29 is 19.4 Å². The number of aromatic nitrogens is 1. The van der Waals surface area contributed by atoms with Gasteiger partial charge in [0.25, 0.3) is 0 Å². The van der Waals surface area contributed by atoms with E-state index in [-0.39, 0.29) is 5.56 Å². The van der Waals surface area contributed by atoms with Crippen molar-refractivity contribution in [3.8, 4) is 11.5 Å². The van der Waals surface area contributed by atoms with Crippen LogP contribution in [0.25, 0.3) is 10.9 Å². The monoisotopic (exact) mass is 277 g/mol. The molecule has 0 aliphatic heterocycles. The molecule has 0 bridgehead atoms. The maximum atomic E-state index is 11.3. The molecule has 2 aromatic rings. The predicted octanol–water partition coefficient (Wildman–Crippen LogP) is 3.16. The molecule has 0 aliphatic carbocycles. The van der Waals surface area contributed by atoms with Crippen molar-refractivity contribution in [1.82, 2.24) is 4.57 Å². The number of aromatic carboxylic acids is 1. The lowest BCUT2D eigenvalue weighted by atomic mass is 10.1. The van der Waals surface area contributed by atoms with Gasteiger partial charge >= 0.3 is 5.97 Å². The van der Waals surface area contributed by atoms with Crippen LogP contribution in [0.15, 0.2) is 18.3 Å². The average Bonchev–Trinajstić information content (AvgIpc) is 2.77. The van der Waals surface area contributed by atoms with Gasteiger partial charge in [-0.3, -0.25) is 0 Å². The van der Waals surface area contributed by atoms with Gasteiger partial charge in [-0.1, -0.05) is 0 Å². The average molecular weight is 277 g/mol. The van der Waals surface area contributed by atoms with Crippen molar-refractivity contribution in [1.29, 1.82) is 0 Å². The quantitative estimate of drug-likeness (QED) is 0.881. The van der Waals surface area contributed by atoms with Crippen LogP contribution in [0.4, 0.5) is 0 Å². The number of benzene rings is 1. The minimum atomic E-state index is -0.936. The number of rotatable bonds is 6. The van der Waals surface area contributed by atoms with E-state index in [1.807, 2.05) is 31.4 Å². The van der Waals surface area contributed by atoms with Crippen molar-refractivity contribution in [2.45, 2.75) is 27.3 Å². The fraction of sp³-hybridized carbons (Fsp3) is 0.400. The highest BCUT2D eigenvalue weighted by molar-refractivity contribution is 6.04. The fourth-order valence-corrected chi connectivity index (χ4v) is 2.27. The number of nitrogens with zero attached hydrogens (tertiary/aromatic N) is 1. The molecule has 1 aromatic heterocycles. The summed E-state index contributed by atoms with van der Waals surface area (Å²) in [7, 11) is 0. The Hall–Kier alpha value is -2.17. The molecule has 2 rings (SSSR count). The number of carboxylic acids is 1. The predicted molar refractivity (Wildman–Crippen MR) is 76.9 cm³/mol. The van der Waals surface area contributed by atoms with Gasteiger partial charge in [0.05, 0.1) is 24.3 Å². The van der Waals surface area contributed by atoms with Gasteiger partial charge < -0.3 is 19.1 Å². The van der Waals surface area contributed by atoms with E-state index in [9.17, 15) is 9.90 Å². The van der Waals surface area contributed by atoms with Crippen LogP contribution in [0.2, 0.25) is 0 Å². The van der Waals surface area contributed by atoms with E-state index >= 15 is 0 Å². The Morgan fingerprint density at radius 2 is 1.75 bits per heavy atom. The van der Waals surface area contributed by atoms with Gasteiger partial charge in [-0.05, 0) is 26.8 Å². The maximum Gasteiger partial charge on any atom is 0.337 e. The fourth-order valence-electron chi connectivity index (χ4n) is 2.27. The molecule has 0 radical (unpaired) electrons. The van der Waals surface area contributed by atoms with Gasteiger partial charge in [0.2, 0.25) is 0 Å². The molecule has 0 fully saturated rings. The van der Waals surface area contributed by atoms with Gasteiger partial charge in [0.1, 0.15) is 0 Å². The van der Waals surface area contributed by atoms with Gasteiger partial charge in [-0.25, -0.2) is 4.79 Å². The SMILES string of the molecule is CCOc1cc2c(C(=O)O)cn(CC)c2cc1OCC. The Morgan fingerprint density at radius 3 is 2.25 bits per heavy atom. The first-order chi connectivity index (χ1) is 9.62. The van der Waals surface area contributed by atoms with Crippen LogP contribution >= 0.6 is 0 Å². The summed E-state index contributed by atoms with van der Waals surface area (Å²) < 4.78 is 13.0. The largest absolute Gasteiger partial charge is 0.490 e. The zero-order valence-corrected chi connectivity index (χ0v) is 12.0. The molecule has 0 saturated heterocycles. The smallest absolute Gasteiger partial charge is 0.337 e. The van der Waals surface area contributed by atoms with Crippen LogP contribution in [-0.2, 0) is 6.54 Å².